The van der Waals surface area contributed by atoms with Gasteiger partial charge in [-0.05, 0) is 90.9 Å². The van der Waals surface area contributed by atoms with E-state index < -0.39 is 47.8 Å². The fraction of sp³-hybridized carbons (Fsp3) is 0.294. The number of pyridine rings is 2. The van der Waals surface area contributed by atoms with Crippen LogP contribution in [-0.2, 0) is 12.4 Å². The van der Waals surface area contributed by atoms with Crippen molar-refractivity contribution in [3.8, 4) is 28.1 Å². The molecule has 2 aliphatic heterocycles. The number of carbonyl (C=O) groups is 2. The number of benzene rings is 2. The Hall–Kier alpha value is -4.94. The van der Waals surface area contributed by atoms with E-state index in [2.05, 4.69) is 15.3 Å². The Morgan fingerprint density at radius 1 is 0.915 bits per heavy atom. The van der Waals surface area contributed by atoms with Crippen LogP contribution in [0.4, 0.5) is 31.1 Å². The topological polar surface area (TPSA) is 84.4 Å². The molecule has 0 radical (unpaired) electrons. The highest BCUT2D eigenvalue weighted by Crippen LogP contribution is 2.49. The second kappa shape index (κ2) is 11.7. The van der Waals surface area contributed by atoms with E-state index >= 15 is 0 Å². The third-order valence-corrected chi connectivity index (χ3v) is 8.78. The number of amides is 2. The summed E-state index contributed by atoms with van der Waals surface area (Å²) in [5, 5.41) is 2.74. The van der Waals surface area contributed by atoms with Crippen LogP contribution in [0.15, 0.2) is 67.0 Å². The predicted molar refractivity (Wildman–Crippen MR) is 160 cm³/mol. The standard InChI is InChI=1S/C34H28F6N4O3/c1-17-12-19(18(2)45)4-6-23(17)21-13-26(31(47-3)42-16-21)24-7-5-22(33(35,36)37)15-25(24)27-8-9-28-30(43-32(46)44(27)28)20-10-11-41-29(14-20)34(38,39)40/h4-7,10-16,27-28,30H,8-9H2,1-3H3,(H,43,46)/t27-,28-,30+/m0/s1. The number of hydrogen-bond donors (Lipinski definition) is 1. The molecule has 4 aromatic rings. The summed E-state index contributed by atoms with van der Waals surface area (Å²) in [7, 11) is 1.39. The number of nitrogens with one attached hydrogen (secondary N) is 1. The lowest BCUT2D eigenvalue weighted by molar-refractivity contribution is -0.141. The minimum Gasteiger partial charge on any atom is -0.481 e. The second-order valence-electron chi connectivity index (χ2n) is 11.6. The molecule has 0 unspecified atom stereocenters. The lowest BCUT2D eigenvalue weighted by Gasteiger charge is -2.27. The highest BCUT2D eigenvalue weighted by Gasteiger charge is 2.49. The van der Waals surface area contributed by atoms with Crippen molar-refractivity contribution in [2.75, 3.05) is 7.11 Å². The van der Waals surface area contributed by atoms with Crippen molar-refractivity contribution in [2.45, 2.75) is 57.2 Å². The van der Waals surface area contributed by atoms with Gasteiger partial charge >= 0.3 is 18.4 Å². The maximum atomic E-state index is 14.1. The van der Waals surface area contributed by atoms with Crippen LogP contribution in [0.5, 0.6) is 5.88 Å². The van der Waals surface area contributed by atoms with E-state index in [1.165, 1.54) is 31.1 Å². The molecule has 6 rings (SSSR count). The zero-order valence-electron chi connectivity index (χ0n) is 25.3. The second-order valence-corrected chi connectivity index (χ2v) is 11.6. The summed E-state index contributed by atoms with van der Waals surface area (Å²) in [6.45, 7) is 3.29. The number of nitrogens with zero attached hydrogens (tertiary/aromatic N) is 3. The predicted octanol–water partition coefficient (Wildman–Crippen LogP) is 8.34. The molecule has 1 N–H and O–H groups in total. The maximum absolute atomic E-state index is 14.1. The van der Waals surface area contributed by atoms with Gasteiger partial charge in [-0.3, -0.25) is 9.78 Å². The number of hydrogen-bond acceptors (Lipinski definition) is 5. The van der Waals surface area contributed by atoms with Crippen LogP contribution >= 0.6 is 0 Å². The zero-order valence-corrected chi connectivity index (χ0v) is 25.3. The van der Waals surface area contributed by atoms with Crippen LogP contribution in [-0.4, -0.2) is 39.8 Å². The number of carbonyl (C=O) groups excluding carboxylic acids is 2. The van der Waals surface area contributed by atoms with Gasteiger partial charge in [0.1, 0.15) is 5.69 Å². The quantitative estimate of drug-likeness (QED) is 0.167. The van der Waals surface area contributed by atoms with Gasteiger partial charge in [-0.1, -0.05) is 18.2 Å². The summed E-state index contributed by atoms with van der Waals surface area (Å²) in [5.74, 6) is 0.0397. The van der Waals surface area contributed by atoms with Crippen LogP contribution in [0.1, 0.15) is 70.2 Å². The van der Waals surface area contributed by atoms with Gasteiger partial charge in [-0.15, -0.1) is 0 Å². The number of ether oxygens (including phenoxy) is 1. The molecule has 13 heteroatoms. The Balaban J connectivity index is 1.45. The minimum absolute atomic E-state index is 0.102. The fourth-order valence-electron chi connectivity index (χ4n) is 6.59. The van der Waals surface area contributed by atoms with Crippen LogP contribution in [0.3, 0.4) is 0 Å². The number of Topliss-reactive ketones (excluding diaryl/α,β-unsaturated/α-hetero) is 1. The van der Waals surface area contributed by atoms with E-state index in [0.29, 0.717) is 28.7 Å². The summed E-state index contributed by atoms with van der Waals surface area (Å²) in [6.07, 6.45) is -6.21. The highest BCUT2D eigenvalue weighted by molar-refractivity contribution is 5.95. The Labute approximate surface area is 265 Å². The lowest BCUT2D eigenvalue weighted by Crippen LogP contribution is -2.32. The molecule has 0 saturated carbocycles. The molecule has 2 amide bonds. The first-order chi connectivity index (χ1) is 22.2. The van der Waals surface area contributed by atoms with E-state index in [9.17, 15) is 35.9 Å². The SMILES string of the molecule is COc1ncc(-c2ccc(C(C)=O)cc2C)cc1-c1ccc(C(F)(F)F)cc1[C@@H]1CC[C@H]2[C@@H](c3ccnc(C(F)(F)F)c3)NC(=O)N12. The van der Waals surface area contributed by atoms with Crippen molar-refractivity contribution in [2.24, 2.45) is 0 Å². The van der Waals surface area contributed by atoms with Crippen LogP contribution in [0.2, 0.25) is 0 Å². The normalized spacial score (nSPS) is 19.5. The summed E-state index contributed by atoms with van der Waals surface area (Å²) in [4.78, 5) is 34.6. The van der Waals surface area contributed by atoms with Gasteiger partial charge in [0, 0.05) is 29.1 Å². The number of methoxy groups -OCH3 is 1. The Morgan fingerprint density at radius 2 is 1.66 bits per heavy atom. The first kappa shape index (κ1) is 32.0. The van der Waals surface area contributed by atoms with Gasteiger partial charge in [-0.25, -0.2) is 9.78 Å². The number of alkyl halides is 6. The molecular weight excluding hydrogens is 626 g/mol. The molecule has 47 heavy (non-hydrogen) atoms. The molecule has 2 aromatic carbocycles. The monoisotopic (exact) mass is 654 g/mol. The molecular formula is C34H28F6N4O3. The molecule has 3 atom stereocenters. The molecule has 0 aliphatic carbocycles. The van der Waals surface area contributed by atoms with E-state index in [4.69, 9.17) is 4.74 Å². The first-order valence-corrected chi connectivity index (χ1v) is 14.7. The van der Waals surface area contributed by atoms with Crippen LogP contribution in [0.25, 0.3) is 22.3 Å². The van der Waals surface area contributed by atoms with E-state index in [-0.39, 0.29) is 29.2 Å². The van der Waals surface area contributed by atoms with Crippen molar-refractivity contribution < 1.29 is 40.7 Å². The average Bonchev–Trinajstić information content (AvgIpc) is 3.60. The molecule has 7 nitrogen and oxygen atoms in total. The number of fused-ring (bicyclic) bond motifs is 1. The molecule has 0 spiro atoms. The molecule has 0 bridgehead atoms. The maximum Gasteiger partial charge on any atom is 0.433 e. The highest BCUT2D eigenvalue weighted by atomic mass is 19.4. The lowest BCUT2D eigenvalue weighted by atomic mass is 9.90. The smallest absolute Gasteiger partial charge is 0.433 e. The van der Waals surface area contributed by atoms with E-state index in [0.717, 1.165) is 35.5 Å². The number of halogens is 6. The number of aromatic nitrogens is 2. The van der Waals surface area contributed by atoms with E-state index in [1.54, 1.807) is 30.5 Å². The third kappa shape index (κ3) is 5.90. The van der Waals surface area contributed by atoms with Crippen LogP contribution in [0, 0.1) is 6.92 Å². The molecule has 2 aliphatic rings. The number of aryl methyl sites for hydroxylation is 1. The number of urea groups is 1. The zero-order chi connectivity index (χ0) is 33.8. The molecule has 244 valence electrons. The number of rotatable bonds is 6. The Bertz CT molecular complexity index is 1890. The van der Waals surface area contributed by atoms with Crippen LogP contribution < -0.4 is 10.1 Å². The fourth-order valence-corrected chi connectivity index (χ4v) is 6.59. The molecule has 2 aromatic heterocycles. The van der Waals surface area contributed by atoms with Gasteiger partial charge in [0.15, 0.2) is 5.78 Å². The number of ketones is 1. The molecule has 2 saturated heterocycles. The van der Waals surface area contributed by atoms with Gasteiger partial charge in [0.05, 0.1) is 30.8 Å². The minimum atomic E-state index is -4.70. The summed E-state index contributed by atoms with van der Waals surface area (Å²) in [6, 6.07) is 9.60. The summed E-state index contributed by atoms with van der Waals surface area (Å²) < 4.78 is 88.0. The molecule has 2 fully saturated rings. The largest absolute Gasteiger partial charge is 0.481 e. The van der Waals surface area contributed by atoms with Crippen molar-refractivity contribution in [1.29, 1.82) is 0 Å². The van der Waals surface area contributed by atoms with Crippen molar-refractivity contribution in [1.82, 2.24) is 20.2 Å². The van der Waals surface area contributed by atoms with Crippen molar-refractivity contribution in [3.63, 3.8) is 0 Å². The average molecular weight is 655 g/mol. The summed E-state index contributed by atoms with van der Waals surface area (Å²) in [5.41, 5.74) is 1.79. The first-order valence-electron chi connectivity index (χ1n) is 14.7. The van der Waals surface area contributed by atoms with Crippen molar-refractivity contribution in [3.05, 3.63) is 101 Å². The van der Waals surface area contributed by atoms with Crippen molar-refractivity contribution >= 4 is 11.8 Å². The van der Waals surface area contributed by atoms with Gasteiger partial charge in [0.2, 0.25) is 5.88 Å². The molecule has 4 heterocycles. The Kier molecular flexibility index (Phi) is 7.97. The van der Waals surface area contributed by atoms with E-state index in [1.807, 2.05) is 6.92 Å². The van der Waals surface area contributed by atoms with Gasteiger partial charge in [-0.2, -0.15) is 26.3 Å². The van der Waals surface area contributed by atoms with Gasteiger partial charge in [0.25, 0.3) is 0 Å². The Morgan fingerprint density at radius 3 is 2.32 bits per heavy atom. The van der Waals surface area contributed by atoms with Gasteiger partial charge < -0.3 is 15.0 Å². The third-order valence-electron chi connectivity index (χ3n) is 8.78. The summed E-state index contributed by atoms with van der Waals surface area (Å²) >= 11 is 0.